The second-order valence-corrected chi connectivity index (χ2v) is 8.11. The molecule has 0 unspecified atom stereocenters. The number of benzene rings is 2. The Bertz CT molecular complexity index is 1270. The number of alkyl halides is 3. The molecule has 2 aromatic heterocycles. The van der Waals surface area contributed by atoms with Gasteiger partial charge >= 0.3 is 6.18 Å². The van der Waals surface area contributed by atoms with Crippen LogP contribution in [0.2, 0.25) is 0 Å². The zero-order valence-corrected chi connectivity index (χ0v) is 17.3. The molecule has 0 radical (unpaired) electrons. The van der Waals surface area contributed by atoms with Crippen LogP contribution in [-0.4, -0.2) is 15.7 Å². The molecule has 0 saturated carbocycles. The summed E-state index contributed by atoms with van der Waals surface area (Å²) in [5.41, 5.74) is 2.98. The molecular weight excluding hydrogens is 411 g/mol. The lowest BCUT2D eigenvalue weighted by Crippen LogP contribution is -2.11. The summed E-state index contributed by atoms with van der Waals surface area (Å²) < 4.78 is 40.8. The Morgan fingerprint density at radius 3 is 2.53 bits per heavy atom. The Hall–Kier alpha value is -3.13. The number of carbonyl (C=O) groups excluding carboxylic acids is 1. The zero-order chi connectivity index (χ0) is 21.6. The summed E-state index contributed by atoms with van der Waals surface area (Å²) in [6.45, 7) is 5.68. The molecular formula is C22H18F3N3OS. The van der Waals surface area contributed by atoms with Gasteiger partial charge in [0, 0.05) is 11.1 Å². The van der Waals surface area contributed by atoms with Gasteiger partial charge < -0.3 is 5.32 Å². The van der Waals surface area contributed by atoms with Crippen molar-refractivity contribution in [2.45, 2.75) is 26.9 Å². The summed E-state index contributed by atoms with van der Waals surface area (Å²) in [5.74, 6) is -0.264. The molecule has 1 amide bonds. The minimum absolute atomic E-state index is 0.264. The molecule has 2 aromatic carbocycles. The van der Waals surface area contributed by atoms with E-state index in [2.05, 4.69) is 10.4 Å². The number of nitrogens with zero attached hydrogens (tertiary/aromatic N) is 2. The van der Waals surface area contributed by atoms with E-state index in [1.54, 1.807) is 19.1 Å². The quantitative estimate of drug-likeness (QED) is 0.416. The third kappa shape index (κ3) is 3.59. The van der Waals surface area contributed by atoms with Crippen LogP contribution >= 0.6 is 11.3 Å². The topological polar surface area (TPSA) is 46.9 Å². The summed E-state index contributed by atoms with van der Waals surface area (Å²) in [6.07, 6.45) is -4.44. The van der Waals surface area contributed by atoms with Crippen LogP contribution in [-0.2, 0) is 6.18 Å². The summed E-state index contributed by atoms with van der Waals surface area (Å²) >= 11 is 1.20. The first-order valence-electron chi connectivity index (χ1n) is 9.19. The van der Waals surface area contributed by atoms with Crippen LogP contribution in [0.3, 0.4) is 0 Å². The van der Waals surface area contributed by atoms with Gasteiger partial charge in [-0.05, 0) is 62.2 Å². The normalized spacial score (nSPS) is 11.8. The molecule has 0 saturated heterocycles. The van der Waals surface area contributed by atoms with Crippen molar-refractivity contribution in [2.75, 3.05) is 5.32 Å². The Labute approximate surface area is 175 Å². The van der Waals surface area contributed by atoms with E-state index in [1.807, 2.05) is 32.0 Å². The van der Waals surface area contributed by atoms with Gasteiger partial charge in [-0.3, -0.25) is 4.79 Å². The first-order valence-corrected chi connectivity index (χ1v) is 10.0. The highest BCUT2D eigenvalue weighted by Crippen LogP contribution is 2.34. The maximum absolute atomic E-state index is 13.1. The smallest absolute Gasteiger partial charge is 0.321 e. The van der Waals surface area contributed by atoms with E-state index in [0.717, 1.165) is 34.3 Å². The third-order valence-electron chi connectivity index (χ3n) is 5.04. The number of fused-ring (bicyclic) bond motifs is 1. The number of hydrogen-bond donors (Lipinski definition) is 1. The molecule has 0 bridgehead atoms. The third-order valence-corrected chi connectivity index (χ3v) is 6.15. The van der Waals surface area contributed by atoms with Crippen molar-refractivity contribution < 1.29 is 18.0 Å². The average molecular weight is 429 g/mol. The number of thiophene rings is 1. The molecule has 0 aliphatic rings. The number of nitrogens with one attached hydrogen (secondary N) is 1. The standard InChI is InChI=1S/C22H18F3N3OS/c1-12-6-4-9-18(13(12)2)26-20(29)19-11-17-14(3)27-28(21(17)30-19)16-8-5-7-15(10-16)22(23,24)25/h4-11H,1-3H3,(H,26,29). The Morgan fingerprint density at radius 2 is 1.80 bits per heavy atom. The van der Waals surface area contributed by atoms with Gasteiger partial charge in [0.15, 0.2) is 0 Å². The Balaban J connectivity index is 1.72. The van der Waals surface area contributed by atoms with E-state index in [1.165, 1.54) is 22.1 Å². The number of amides is 1. The molecule has 0 fully saturated rings. The number of rotatable bonds is 3. The van der Waals surface area contributed by atoms with Gasteiger partial charge in [-0.15, -0.1) is 11.3 Å². The van der Waals surface area contributed by atoms with Crippen LogP contribution in [0.1, 0.15) is 32.1 Å². The predicted molar refractivity (Wildman–Crippen MR) is 113 cm³/mol. The molecule has 0 spiro atoms. The van der Waals surface area contributed by atoms with Crippen LogP contribution in [0.5, 0.6) is 0 Å². The fourth-order valence-electron chi connectivity index (χ4n) is 3.22. The lowest BCUT2D eigenvalue weighted by Gasteiger charge is -2.09. The number of hydrogen-bond acceptors (Lipinski definition) is 3. The predicted octanol–water partition coefficient (Wildman–Crippen LogP) is 6.28. The highest BCUT2D eigenvalue weighted by atomic mass is 32.1. The number of halogens is 3. The van der Waals surface area contributed by atoms with E-state index in [4.69, 9.17) is 0 Å². The molecule has 0 aliphatic heterocycles. The molecule has 0 aliphatic carbocycles. The molecule has 2 heterocycles. The highest BCUT2D eigenvalue weighted by Gasteiger charge is 2.31. The first-order chi connectivity index (χ1) is 14.1. The van der Waals surface area contributed by atoms with Crippen molar-refractivity contribution in [3.63, 3.8) is 0 Å². The summed E-state index contributed by atoms with van der Waals surface area (Å²) in [6, 6.07) is 12.4. The van der Waals surface area contributed by atoms with Crippen molar-refractivity contribution in [1.82, 2.24) is 9.78 Å². The molecule has 30 heavy (non-hydrogen) atoms. The fourth-order valence-corrected chi connectivity index (χ4v) is 4.30. The zero-order valence-electron chi connectivity index (χ0n) is 16.5. The largest absolute Gasteiger partial charge is 0.416 e. The van der Waals surface area contributed by atoms with Crippen molar-refractivity contribution >= 4 is 33.1 Å². The van der Waals surface area contributed by atoms with Gasteiger partial charge in [-0.2, -0.15) is 18.3 Å². The Kier molecular flexibility index (Phi) is 4.89. The lowest BCUT2D eigenvalue weighted by molar-refractivity contribution is -0.137. The average Bonchev–Trinajstić information content (AvgIpc) is 3.26. The second kappa shape index (κ2) is 7.28. The van der Waals surface area contributed by atoms with Crippen molar-refractivity contribution in [1.29, 1.82) is 0 Å². The summed E-state index contributed by atoms with van der Waals surface area (Å²) in [7, 11) is 0. The summed E-state index contributed by atoms with van der Waals surface area (Å²) in [4.78, 5) is 13.9. The minimum atomic E-state index is -4.44. The van der Waals surface area contributed by atoms with Crippen LogP contribution in [0, 0.1) is 20.8 Å². The molecule has 4 rings (SSSR count). The molecule has 4 nitrogen and oxygen atoms in total. The van der Waals surface area contributed by atoms with E-state index >= 15 is 0 Å². The van der Waals surface area contributed by atoms with Crippen molar-refractivity contribution in [3.8, 4) is 5.69 Å². The fraction of sp³-hybridized carbons (Fsp3) is 0.182. The van der Waals surface area contributed by atoms with Crippen molar-refractivity contribution in [3.05, 3.63) is 75.8 Å². The van der Waals surface area contributed by atoms with Crippen LogP contribution in [0.25, 0.3) is 15.9 Å². The summed E-state index contributed by atoms with van der Waals surface area (Å²) in [5, 5.41) is 8.04. The number of aromatic nitrogens is 2. The maximum Gasteiger partial charge on any atom is 0.416 e. The lowest BCUT2D eigenvalue weighted by atomic mass is 10.1. The van der Waals surface area contributed by atoms with E-state index in [-0.39, 0.29) is 5.91 Å². The number of aryl methyl sites for hydroxylation is 2. The molecule has 8 heteroatoms. The number of anilines is 1. The van der Waals surface area contributed by atoms with Gasteiger partial charge in [0.05, 0.1) is 21.8 Å². The molecule has 4 aromatic rings. The molecule has 154 valence electrons. The van der Waals surface area contributed by atoms with Gasteiger partial charge in [-0.25, -0.2) is 4.68 Å². The van der Waals surface area contributed by atoms with E-state index in [0.29, 0.717) is 21.1 Å². The minimum Gasteiger partial charge on any atom is -0.321 e. The SMILES string of the molecule is Cc1cccc(NC(=O)c2cc3c(C)nn(-c4cccc(C(F)(F)F)c4)c3s2)c1C. The molecule has 0 atom stereocenters. The van der Waals surface area contributed by atoms with Gasteiger partial charge in [0.2, 0.25) is 0 Å². The maximum atomic E-state index is 13.1. The van der Waals surface area contributed by atoms with Crippen LogP contribution < -0.4 is 5.32 Å². The van der Waals surface area contributed by atoms with Gasteiger partial charge in [-0.1, -0.05) is 18.2 Å². The van der Waals surface area contributed by atoms with Crippen LogP contribution in [0.4, 0.5) is 18.9 Å². The van der Waals surface area contributed by atoms with Crippen LogP contribution in [0.15, 0.2) is 48.5 Å². The second-order valence-electron chi connectivity index (χ2n) is 7.08. The number of carbonyl (C=O) groups is 1. The van der Waals surface area contributed by atoms with Crippen molar-refractivity contribution in [2.24, 2.45) is 0 Å². The van der Waals surface area contributed by atoms with E-state index < -0.39 is 11.7 Å². The van der Waals surface area contributed by atoms with Gasteiger partial charge in [0.25, 0.3) is 5.91 Å². The monoisotopic (exact) mass is 429 g/mol. The van der Waals surface area contributed by atoms with Gasteiger partial charge in [0.1, 0.15) is 4.83 Å². The highest BCUT2D eigenvalue weighted by molar-refractivity contribution is 7.20. The first kappa shape index (κ1) is 20.2. The Morgan fingerprint density at radius 1 is 1.07 bits per heavy atom. The van der Waals surface area contributed by atoms with E-state index in [9.17, 15) is 18.0 Å². The molecule has 1 N–H and O–H groups in total.